The largest absolute Gasteiger partial charge is 0.472 e. The van der Waals surface area contributed by atoms with Gasteiger partial charge in [0.15, 0.2) is 0 Å². The van der Waals surface area contributed by atoms with E-state index in [9.17, 15) is 19.0 Å². The average molecular weight is 1000 g/mol. The number of amides is 1. The van der Waals surface area contributed by atoms with Gasteiger partial charge in [0, 0.05) is 12.8 Å². The van der Waals surface area contributed by atoms with Crippen LogP contribution < -0.4 is 5.32 Å². The summed E-state index contributed by atoms with van der Waals surface area (Å²) in [6, 6.07) is -0.872. The van der Waals surface area contributed by atoms with E-state index < -0.39 is 20.0 Å². The van der Waals surface area contributed by atoms with Crippen molar-refractivity contribution in [3.05, 3.63) is 85.1 Å². The number of nitrogens with one attached hydrogen (secondary N) is 1. The number of unbranched alkanes of at least 4 members (excludes halogenated alkanes) is 22. The number of nitrogens with zero attached hydrogens (tertiary/aromatic N) is 1. The van der Waals surface area contributed by atoms with Crippen LogP contribution in [0.2, 0.25) is 0 Å². The Morgan fingerprint density at radius 3 is 1.39 bits per heavy atom. The molecular formula is C60H108N2O7P+. The fourth-order valence-electron chi connectivity index (χ4n) is 7.67. The van der Waals surface area contributed by atoms with Crippen molar-refractivity contribution in [2.45, 2.75) is 245 Å². The van der Waals surface area contributed by atoms with Crippen molar-refractivity contribution in [3.8, 4) is 0 Å². The van der Waals surface area contributed by atoms with E-state index >= 15 is 0 Å². The minimum Gasteiger partial charge on any atom is -0.456 e. The smallest absolute Gasteiger partial charge is 0.456 e. The van der Waals surface area contributed by atoms with Gasteiger partial charge in [-0.2, -0.15) is 0 Å². The van der Waals surface area contributed by atoms with Gasteiger partial charge in [0.1, 0.15) is 19.3 Å². The van der Waals surface area contributed by atoms with Gasteiger partial charge in [-0.1, -0.05) is 202 Å². The van der Waals surface area contributed by atoms with Crippen molar-refractivity contribution in [1.29, 1.82) is 0 Å². The van der Waals surface area contributed by atoms with Crippen LogP contribution in [0.5, 0.6) is 0 Å². The maximum atomic E-state index is 13.5. The van der Waals surface area contributed by atoms with Crippen molar-refractivity contribution in [2.75, 3.05) is 40.9 Å². The molecule has 9 nitrogen and oxygen atoms in total. The first kappa shape index (κ1) is 67.2. The molecule has 0 aromatic carbocycles. The summed E-state index contributed by atoms with van der Waals surface area (Å²) >= 11 is 0. The van der Waals surface area contributed by atoms with Gasteiger partial charge in [0.05, 0.1) is 33.8 Å². The lowest BCUT2D eigenvalue weighted by molar-refractivity contribution is -0.870. The highest BCUT2D eigenvalue weighted by Gasteiger charge is 2.30. The second kappa shape index (κ2) is 49.8. The van der Waals surface area contributed by atoms with Crippen LogP contribution in [0.1, 0.15) is 233 Å². The average Bonchev–Trinajstić information content (AvgIpc) is 3.32. The van der Waals surface area contributed by atoms with E-state index in [0.717, 1.165) is 103 Å². The molecule has 0 radical (unpaired) electrons. The van der Waals surface area contributed by atoms with Crippen molar-refractivity contribution in [2.24, 2.45) is 0 Å². The number of hydrogen-bond donors (Lipinski definition) is 2. The zero-order valence-corrected chi connectivity index (χ0v) is 46.9. The Hall–Kier alpha value is -2.81. The van der Waals surface area contributed by atoms with Crippen LogP contribution in [0.15, 0.2) is 85.1 Å². The predicted molar refractivity (Wildman–Crippen MR) is 300 cm³/mol. The zero-order valence-electron chi connectivity index (χ0n) is 46.0. The van der Waals surface area contributed by atoms with Crippen LogP contribution >= 0.6 is 7.82 Å². The first-order valence-corrected chi connectivity index (χ1v) is 29.9. The van der Waals surface area contributed by atoms with Gasteiger partial charge in [-0.25, -0.2) is 4.57 Å². The third kappa shape index (κ3) is 50.1. The molecule has 2 N–H and O–H groups in total. The number of ether oxygens (including phenoxy) is 1. The highest BCUT2D eigenvalue weighted by atomic mass is 31.2. The molecule has 3 unspecified atom stereocenters. The van der Waals surface area contributed by atoms with Crippen LogP contribution in [0.25, 0.3) is 0 Å². The number of allylic oxidation sites excluding steroid dienone is 13. The second-order valence-corrected chi connectivity index (χ2v) is 21.5. The normalized spacial score (nSPS) is 14.4. The molecule has 0 aliphatic carbocycles. The molecule has 404 valence electrons. The third-order valence-corrected chi connectivity index (χ3v) is 13.1. The topological polar surface area (TPSA) is 111 Å². The number of hydrogen-bond acceptors (Lipinski definition) is 6. The van der Waals surface area contributed by atoms with Crippen LogP contribution in [-0.4, -0.2) is 74.3 Å². The fourth-order valence-corrected chi connectivity index (χ4v) is 8.40. The number of phosphoric acid groups is 1. The van der Waals surface area contributed by atoms with E-state index in [0.29, 0.717) is 23.9 Å². The zero-order chi connectivity index (χ0) is 51.5. The highest BCUT2D eigenvalue weighted by molar-refractivity contribution is 7.47. The number of carbonyl (C=O) groups is 2. The Morgan fingerprint density at radius 1 is 0.514 bits per heavy atom. The SMILES string of the molecule is CC/C=C\C/C=C\C/C=C\C/C=C\C/C=C\CCCCCC(=O)OC(/C=C/CCCCCCCCCCC)C(COP(=O)(O)OCC[N+](C)(C)C)NC(=O)CCCCC/C=C\CCCCCCCCC. The molecule has 0 bridgehead atoms. The molecule has 70 heavy (non-hydrogen) atoms. The molecule has 0 aliphatic heterocycles. The molecule has 0 saturated carbocycles. The van der Waals surface area contributed by atoms with E-state index in [4.69, 9.17) is 13.8 Å². The summed E-state index contributed by atoms with van der Waals surface area (Å²) in [5, 5.41) is 3.02. The molecule has 3 atom stereocenters. The van der Waals surface area contributed by atoms with Gasteiger partial charge in [0.25, 0.3) is 0 Å². The lowest BCUT2D eigenvalue weighted by Gasteiger charge is -2.27. The maximum Gasteiger partial charge on any atom is 0.472 e. The molecule has 0 fully saturated rings. The number of esters is 1. The molecule has 0 saturated heterocycles. The minimum atomic E-state index is -4.46. The Kier molecular flexibility index (Phi) is 47.8. The van der Waals surface area contributed by atoms with E-state index in [1.807, 2.05) is 33.3 Å². The molecule has 0 rings (SSSR count). The molecule has 0 aliphatic rings. The van der Waals surface area contributed by atoms with Crippen LogP contribution in [0.4, 0.5) is 0 Å². The molecule has 0 aromatic rings. The number of quaternary nitrogens is 1. The second-order valence-electron chi connectivity index (χ2n) is 20.1. The summed E-state index contributed by atoms with van der Waals surface area (Å²) in [4.78, 5) is 37.5. The van der Waals surface area contributed by atoms with E-state index in [-0.39, 0.29) is 31.5 Å². The van der Waals surface area contributed by atoms with E-state index in [1.165, 1.54) is 89.9 Å². The van der Waals surface area contributed by atoms with Crippen molar-refractivity contribution < 1.29 is 37.3 Å². The van der Waals surface area contributed by atoms with E-state index in [2.05, 4.69) is 99.0 Å². The van der Waals surface area contributed by atoms with Crippen molar-refractivity contribution >= 4 is 19.7 Å². The van der Waals surface area contributed by atoms with Gasteiger partial charge in [0.2, 0.25) is 5.91 Å². The standard InChI is InChI=1S/C60H107N2O7P/c1-7-10-13-16-19-22-25-27-29-30-31-32-33-35-38-41-44-47-50-53-60(64)69-58(51-48-45-42-39-36-24-21-18-15-12-9-3)57(56-68-70(65,66)67-55-54-62(4,5)6)61-59(63)52-49-46-43-40-37-34-28-26-23-20-17-14-11-8-2/h10,13,19,22,27,29,31-32,34-35,37-38,48,51,57-58H,7-9,11-12,14-18,20-21,23-26,28,30,33,36,39-47,49-50,52-56H2,1-6H3,(H-,61,63,65,66)/p+1/b13-10-,22-19-,29-27-,32-31-,37-34-,38-35-,51-48+. The van der Waals surface area contributed by atoms with Crippen LogP contribution in [0, 0.1) is 0 Å². The summed E-state index contributed by atoms with van der Waals surface area (Å²) in [5.74, 6) is -0.566. The summed E-state index contributed by atoms with van der Waals surface area (Å²) in [6.45, 7) is 6.84. The molecule has 0 heterocycles. The number of rotatable bonds is 50. The Balaban J connectivity index is 5.41. The third-order valence-electron chi connectivity index (χ3n) is 12.1. The molecular weight excluding hydrogens is 892 g/mol. The first-order chi connectivity index (χ1) is 33.9. The van der Waals surface area contributed by atoms with Crippen molar-refractivity contribution in [1.82, 2.24) is 5.32 Å². The maximum absolute atomic E-state index is 13.5. The van der Waals surface area contributed by atoms with Gasteiger partial charge >= 0.3 is 13.8 Å². The Labute approximate surface area is 431 Å². The molecule has 0 aromatic heterocycles. The van der Waals surface area contributed by atoms with Crippen molar-refractivity contribution in [3.63, 3.8) is 0 Å². The van der Waals surface area contributed by atoms with Gasteiger partial charge < -0.3 is 19.4 Å². The number of phosphoric ester groups is 1. The molecule has 10 heteroatoms. The molecule has 0 spiro atoms. The lowest BCUT2D eigenvalue weighted by Crippen LogP contribution is -2.47. The number of likely N-dealkylation sites (N-methyl/N-ethyl adjacent to an activating group) is 1. The van der Waals surface area contributed by atoms with Crippen LogP contribution in [-0.2, 0) is 27.9 Å². The summed E-state index contributed by atoms with van der Waals surface area (Å²) in [5.41, 5.74) is 0. The quantitative estimate of drug-likeness (QED) is 0.0205. The highest BCUT2D eigenvalue weighted by Crippen LogP contribution is 2.43. The van der Waals surface area contributed by atoms with Gasteiger partial charge in [-0.3, -0.25) is 18.6 Å². The fraction of sp³-hybridized carbons (Fsp3) is 0.733. The summed E-state index contributed by atoms with van der Waals surface area (Å²) in [7, 11) is 1.46. The van der Waals surface area contributed by atoms with Crippen LogP contribution in [0.3, 0.4) is 0 Å². The monoisotopic (exact) mass is 1000 g/mol. The van der Waals surface area contributed by atoms with E-state index in [1.54, 1.807) is 0 Å². The first-order valence-electron chi connectivity index (χ1n) is 28.4. The van der Waals surface area contributed by atoms with Gasteiger partial charge in [-0.15, -0.1) is 0 Å². The number of carbonyl (C=O) groups excluding carboxylic acids is 2. The summed E-state index contributed by atoms with van der Waals surface area (Å²) < 4.78 is 30.5. The predicted octanol–water partition coefficient (Wildman–Crippen LogP) is 17.0. The minimum absolute atomic E-state index is 0.0285. The Bertz CT molecular complexity index is 1480. The molecule has 1 amide bonds. The van der Waals surface area contributed by atoms with Gasteiger partial charge in [-0.05, 0) is 102 Å². The summed E-state index contributed by atoms with van der Waals surface area (Å²) in [6.07, 6.45) is 64.4. The Morgan fingerprint density at radius 2 is 0.914 bits per heavy atom. The lowest BCUT2D eigenvalue weighted by atomic mass is 10.1.